The molecule has 1 aromatic rings. The molecule has 16 heavy (non-hydrogen) atoms. The lowest BCUT2D eigenvalue weighted by atomic mass is 10.1. The largest absolute Gasteiger partial charge is 0.388 e. The first kappa shape index (κ1) is 13.2. The van der Waals surface area contributed by atoms with E-state index in [1.165, 1.54) is 44.9 Å². The zero-order valence-electron chi connectivity index (χ0n) is 10.2. The highest BCUT2D eigenvalue weighted by Crippen LogP contribution is 2.08. The van der Waals surface area contributed by atoms with E-state index in [9.17, 15) is 0 Å². The molecule has 0 radical (unpaired) electrons. The van der Waals surface area contributed by atoms with Crippen molar-refractivity contribution in [2.75, 3.05) is 0 Å². The van der Waals surface area contributed by atoms with Gasteiger partial charge in [0.05, 0.1) is 0 Å². The average Bonchev–Trinajstić information content (AvgIpc) is 2.75. The van der Waals surface area contributed by atoms with Crippen LogP contribution in [0.1, 0.15) is 57.7 Å². The van der Waals surface area contributed by atoms with Gasteiger partial charge in [-0.15, -0.1) is 0 Å². The Morgan fingerprint density at radius 3 is 2.50 bits per heavy atom. The molecule has 4 nitrogen and oxygen atoms in total. The van der Waals surface area contributed by atoms with Crippen molar-refractivity contribution >= 4 is 0 Å². The minimum Gasteiger partial charge on any atom is -0.388 e. The molecule has 0 bridgehead atoms. The van der Waals surface area contributed by atoms with Crippen molar-refractivity contribution in [1.29, 1.82) is 0 Å². The highest BCUT2D eigenvalue weighted by Gasteiger charge is 2.01. The first-order valence-electron chi connectivity index (χ1n) is 6.36. The van der Waals surface area contributed by atoms with Crippen LogP contribution in [0, 0.1) is 0 Å². The molecule has 0 spiro atoms. The molecule has 0 aliphatic carbocycles. The van der Waals surface area contributed by atoms with Crippen LogP contribution in [0.5, 0.6) is 0 Å². The number of aryl methyl sites for hydroxylation is 1. The standard InChI is InChI=1S/C12H23N3O/c1-2-3-4-5-6-7-8-9-15-12(10-16)13-11-14-15/h11,16H,2-10H2,1H3. The second-order valence-electron chi connectivity index (χ2n) is 4.18. The maximum Gasteiger partial charge on any atom is 0.152 e. The molecule has 0 amide bonds. The number of hydrogen-bond acceptors (Lipinski definition) is 3. The minimum atomic E-state index is -0.0174. The van der Waals surface area contributed by atoms with E-state index in [-0.39, 0.29) is 6.61 Å². The van der Waals surface area contributed by atoms with E-state index < -0.39 is 0 Å². The van der Waals surface area contributed by atoms with Gasteiger partial charge in [0.25, 0.3) is 0 Å². The monoisotopic (exact) mass is 225 g/mol. The second-order valence-corrected chi connectivity index (χ2v) is 4.18. The smallest absolute Gasteiger partial charge is 0.152 e. The van der Waals surface area contributed by atoms with Gasteiger partial charge in [-0.1, -0.05) is 45.4 Å². The summed E-state index contributed by atoms with van der Waals surface area (Å²) < 4.78 is 1.80. The first-order chi connectivity index (χ1) is 7.88. The van der Waals surface area contributed by atoms with Crippen LogP contribution < -0.4 is 0 Å². The van der Waals surface area contributed by atoms with Gasteiger partial charge in [0.2, 0.25) is 0 Å². The fourth-order valence-electron chi connectivity index (χ4n) is 1.82. The molecule has 0 saturated carbocycles. The van der Waals surface area contributed by atoms with Crippen LogP contribution in [0.15, 0.2) is 6.33 Å². The molecule has 0 atom stereocenters. The van der Waals surface area contributed by atoms with Gasteiger partial charge in [-0.3, -0.25) is 0 Å². The summed E-state index contributed by atoms with van der Waals surface area (Å²) in [6.45, 7) is 3.10. The number of rotatable bonds is 9. The maximum atomic E-state index is 8.98. The Labute approximate surface area is 97.7 Å². The zero-order chi connectivity index (χ0) is 11.6. The molecule has 0 saturated heterocycles. The summed E-state index contributed by atoms with van der Waals surface area (Å²) in [6.07, 6.45) is 10.6. The Morgan fingerprint density at radius 2 is 1.81 bits per heavy atom. The molecule has 1 rings (SSSR count). The minimum absolute atomic E-state index is 0.0174. The van der Waals surface area contributed by atoms with Gasteiger partial charge in [-0.05, 0) is 6.42 Å². The second kappa shape index (κ2) is 8.28. The Balaban J connectivity index is 2.03. The third kappa shape index (κ3) is 4.75. The van der Waals surface area contributed by atoms with Gasteiger partial charge in [0.1, 0.15) is 12.9 Å². The normalized spacial score (nSPS) is 10.9. The third-order valence-corrected chi connectivity index (χ3v) is 2.81. The van der Waals surface area contributed by atoms with Gasteiger partial charge in [-0.25, -0.2) is 9.67 Å². The van der Waals surface area contributed by atoms with Crippen molar-refractivity contribution in [3.63, 3.8) is 0 Å². The van der Waals surface area contributed by atoms with E-state index in [0.717, 1.165) is 13.0 Å². The number of aliphatic hydroxyl groups is 1. The quantitative estimate of drug-likeness (QED) is 0.657. The fraction of sp³-hybridized carbons (Fsp3) is 0.833. The lowest BCUT2D eigenvalue weighted by molar-refractivity contribution is 0.261. The number of unbranched alkanes of at least 4 members (excludes halogenated alkanes) is 6. The predicted molar refractivity (Wildman–Crippen MR) is 63.9 cm³/mol. The van der Waals surface area contributed by atoms with E-state index >= 15 is 0 Å². The van der Waals surface area contributed by atoms with Crippen molar-refractivity contribution in [2.24, 2.45) is 0 Å². The number of aromatic nitrogens is 3. The lowest BCUT2D eigenvalue weighted by Crippen LogP contribution is -2.05. The Bertz CT molecular complexity index is 273. The van der Waals surface area contributed by atoms with Crippen LogP contribution in [0.2, 0.25) is 0 Å². The molecular formula is C12H23N3O. The van der Waals surface area contributed by atoms with E-state index in [0.29, 0.717) is 5.82 Å². The molecule has 1 N–H and O–H groups in total. The van der Waals surface area contributed by atoms with Gasteiger partial charge < -0.3 is 5.11 Å². The van der Waals surface area contributed by atoms with Gasteiger partial charge in [-0.2, -0.15) is 5.10 Å². The van der Waals surface area contributed by atoms with E-state index in [1.807, 2.05) is 0 Å². The summed E-state index contributed by atoms with van der Waals surface area (Å²) in [6, 6.07) is 0. The molecule has 0 aliphatic heterocycles. The number of aliphatic hydroxyl groups excluding tert-OH is 1. The number of nitrogens with zero attached hydrogens (tertiary/aromatic N) is 3. The Kier molecular flexibility index (Phi) is 6.81. The maximum absolute atomic E-state index is 8.98. The van der Waals surface area contributed by atoms with Crippen LogP contribution in [0.3, 0.4) is 0 Å². The zero-order valence-corrected chi connectivity index (χ0v) is 10.2. The van der Waals surface area contributed by atoms with Gasteiger partial charge >= 0.3 is 0 Å². The molecule has 92 valence electrons. The molecule has 4 heteroatoms. The summed E-state index contributed by atoms with van der Waals surface area (Å²) >= 11 is 0. The summed E-state index contributed by atoms with van der Waals surface area (Å²) in [7, 11) is 0. The summed E-state index contributed by atoms with van der Waals surface area (Å²) in [5, 5.41) is 13.1. The average molecular weight is 225 g/mol. The van der Waals surface area contributed by atoms with Crippen molar-refractivity contribution in [3.8, 4) is 0 Å². The van der Waals surface area contributed by atoms with Crippen LogP contribution in [0.4, 0.5) is 0 Å². The molecular weight excluding hydrogens is 202 g/mol. The summed E-state index contributed by atoms with van der Waals surface area (Å²) in [4.78, 5) is 3.98. The Morgan fingerprint density at radius 1 is 1.12 bits per heavy atom. The predicted octanol–water partition coefficient (Wildman–Crippen LogP) is 2.52. The van der Waals surface area contributed by atoms with E-state index in [1.54, 1.807) is 4.68 Å². The van der Waals surface area contributed by atoms with Crippen molar-refractivity contribution in [1.82, 2.24) is 14.8 Å². The SMILES string of the molecule is CCCCCCCCCn1ncnc1CO. The highest BCUT2D eigenvalue weighted by molar-refractivity contribution is 4.80. The topological polar surface area (TPSA) is 50.9 Å². The molecule has 0 aliphatic rings. The molecule has 0 fully saturated rings. The van der Waals surface area contributed by atoms with Crippen molar-refractivity contribution in [2.45, 2.75) is 65.0 Å². The molecule has 1 aromatic heterocycles. The van der Waals surface area contributed by atoms with E-state index in [2.05, 4.69) is 17.0 Å². The van der Waals surface area contributed by atoms with Crippen molar-refractivity contribution in [3.05, 3.63) is 12.2 Å². The lowest BCUT2D eigenvalue weighted by Gasteiger charge is -2.04. The molecule has 0 unspecified atom stereocenters. The van der Waals surface area contributed by atoms with Crippen LogP contribution in [0.25, 0.3) is 0 Å². The van der Waals surface area contributed by atoms with Crippen LogP contribution in [-0.2, 0) is 13.2 Å². The first-order valence-corrected chi connectivity index (χ1v) is 6.36. The highest BCUT2D eigenvalue weighted by atomic mass is 16.3. The Hall–Kier alpha value is -0.900. The fourth-order valence-corrected chi connectivity index (χ4v) is 1.82. The summed E-state index contributed by atoms with van der Waals surface area (Å²) in [5.41, 5.74) is 0. The third-order valence-electron chi connectivity index (χ3n) is 2.81. The number of hydrogen-bond donors (Lipinski definition) is 1. The van der Waals surface area contributed by atoms with Gasteiger partial charge in [0, 0.05) is 6.54 Å². The van der Waals surface area contributed by atoms with Crippen molar-refractivity contribution < 1.29 is 5.11 Å². The molecule has 0 aromatic carbocycles. The van der Waals surface area contributed by atoms with Gasteiger partial charge in [0.15, 0.2) is 5.82 Å². The van der Waals surface area contributed by atoms with E-state index in [4.69, 9.17) is 5.11 Å². The van der Waals surface area contributed by atoms with Crippen LogP contribution in [-0.4, -0.2) is 19.9 Å². The summed E-state index contributed by atoms with van der Waals surface area (Å²) in [5.74, 6) is 0.672. The molecule has 1 heterocycles. The van der Waals surface area contributed by atoms with Crippen LogP contribution >= 0.6 is 0 Å².